The van der Waals surface area contributed by atoms with E-state index in [0.717, 1.165) is 113 Å². The van der Waals surface area contributed by atoms with Gasteiger partial charge in [0, 0.05) is 120 Å². The molecule has 27 nitrogen and oxygen atoms in total. The summed E-state index contributed by atoms with van der Waals surface area (Å²) in [6.45, 7) is 25.6. The fraction of sp³-hybridized carbons (Fsp3) is 0.320. The van der Waals surface area contributed by atoms with E-state index in [4.69, 9.17) is 43.6 Å². The Kier molecular flexibility index (Phi) is 43.4. The molecule has 0 bridgehead atoms. The number of amides is 1. The number of carbonyl (C=O) groups excluding carboxylic acids is 5. The van der Waals surface area contributed by atoms with Crippen LogP contribution >= 0.6 is 107 Å². The van der Waals surface area contributed by atoms with Crippen molar-refractivity contribution in [3.8, 4) is 23.0 Å². The zero-order chi connectivity index (χ0) is 96.1. The molecule has 0 fully saturated rings. The standard InChI is InChI=1S/C20H24N2O3S.C18H20N2O3S.C18H18N2O2S.2C11H13NO2S.C10H11NO2S.C8H11NO.CH4.Cl3OP.Na.H2O/c1-5-25-20(23)18-16(19-17(22(18)3)9-13(2)26-19)12-21-11-14-7-6-8-15(10-14)24-4;1-11-7-15-17(24-11)14(16(18(21)22)20(15)2)10-19-9-12-5-4-6-13(8-12)23-3;1-11-7-15-17(23-11)14-10-20(18(21)16(14)19(15)2)9-12-5-4-6-13(8-12)22-3;2*1-4-14-11(13)9-6-10-8(12(9)3)5-7(2)15-10;1-3-13-10(12)8-5-9-7(11-8)4-6(2)14-9;1-10-8-4-2-3-7(5-8)6-9;;1-5(2,3)4;;/h6-10,21H,5,11-12H2,1-4H3;4-8,19H,9-10H2,1-3H3,(H,21,22);4-8H,9-10H2,1-3H3;2*5-6H,4H2,1-3H3;4-5,11H,3H2,1-2H3;2-5H,6,9H2,1H3;1H4;;;1H2/q;;;;;;;;;+1;/p-1. The topological polar surface area (TPSA) is 337 Å². The smallest absolute Gasteiger partial charge is 0.870 e. The van der Waals surface area contributed by atoms with E-state index in [1.807, 2.05) is 214 Å². The fourth-order valence-electron chi connectivity index (χ4n) is 14.9. The number of methoxy groups -OCH3 is 4. The minimum Gasteiger partial charge on any atom is -0.870 e. The van der Waals surface area contributed by atoms with Gasteiger partial charge in [-0.05, 0) is 228 Å². The number of thiophene rings is 6. The number of rotatable bonds is 24. The third-order valence-corrected chi connectivity index (χ3v) is 27.1. The largest absolute Gasteiger partial charge is 1.00 e. The molecule has 1 amide bonds. The normalized spacial score (nSPS) is 11.1. The van der Waals surface area contributed by atoms with Crippen LogP contribution in [-0.4, -0.2) is 134 Å². The first kappa shape index (κ1) is 112. The molecule has 7 N–H and O–H groups in total. The summed E-state index contributed by atoms with van der Waals surface area (Å²) in [5, 5.41) is 13.1. The number of aromatic amines is 1. The molecule has 0 spiro atoms. The van der Waals surface area contributed by atoms with Crippen molar-refractivity contribution in [1.82, 2.24) is 43.4 Å². The number of nitrogens with one attached hydrogen (secondary N) is 3. The Bertz CT molecular complexity index is 6640. The summed E-state index contributed by atoms with van der Waals surface area (Å²) in [7, 11) is 16.1. The van der Waals surface area contributed by atoms with Crippen molar-refractivity contribution in [3.63, 3.8) is 0 Å². The van der Waals surface area contributed by atoms with E-state index in [-0.39, 0.29) is 72.2 Å². The molecule has 0 unspecified atom stereocenters. The van der Waals surface area contributed by atoms with Crippen LogP contribution in [0.4, 0.5) is 0 Å². The summed E-state index contributed by atoms with van der Waals surface area (Å²) >= 11 is 24.0. The number of esters is 4. The molecule has 0 atom stereocenters. The summed E-state index contributed by atoms with van der Waals surface area (Å²) in [4.78, 5) is 83.8. The van der Waals surface area contributed by atoms with E-state index in [1.54, 1.807) is 108 Å². The number of ether oxygens (including phenoxy) is 8. The number of halogens is 3. The SMILES string of the molecule is C.CCOC(=O)c1c(CNCc2cccc(OC)c2)c2sc(C)cc2n1C.CCOC(=O)c1cc2sc(C)cc2[nH]1.CCOC(=O)c1cc2sc(C)cc2n1C.CCOC(=O)c1cc2sc(C)cc2n1C.COc1cccc(CN)c1.COc1cccc(CN2Cc3c(n(C)c4cc(C)sc34)C2=O)c1.COc1cccc(CNCc2c(C(=O)O)n(C)c3cc(C)sc23)c1.O=P(Cl)(Cl)Cl.[Na+].[OH-]. The Morgan fingerprint density at radius 2 is 0.807 bits per heavy atom. The van der Waals surface area contributed by atoms with Crippen molar-refractivity contribution in [1.29, 1.82) is 0 Å². The average Bonchev–Trinajstić information content (AvgIpc) is 1.57. The number of aromatic nitrogens is 6. The zero-order valence-corrected chi connectivity index (χ0v) is 88.6. The summed E-state index contributed by atoms with van der Waals surface area (Å²) in [5.41, 5.74) is 22.9. The average molecular weight is 2050 g/mol. The molecular weight excluding hydrogens is 1930 g/mol. The van der Waals surface area contributed by atoms with Crippen molar-refractivity contribution >= 4 is 204 Å². The van der Waals surface area contributed by atoms with Gasteiger partial charge in [0.1, 0.15) is 57.2 Å². The number of carboxylic acid groups (broad SMARTS) is 1. The molecule has 0 aliphatic carbocycles. The van der Waals surface area contributed by atoms with Crippen LogP contribution in [0.5, 0.6) is 23.0 Å². The number of carbonyl (C=O) groups is 6. The van der Waals surface area contributed by atoms with Crippen molar-refractivity contribution in [3.05, 3.63) is 254 Å². The van der Waals surface area contributed by atoms with Crippen LogP contribution in [0, 0.1) is 41.5 Å². The van der Waals surface area contributed by atoms with Crippen LogP contribution in [-0.2, 0) is 105 Å². The van der Waals surface area contributed by atoms with Crippen LogP contribution in [0.3, 0.4) is 0 Å². The summed E-state index contributed by atoms with van der Waals surface area (Å²) in [6, 6.07) is 49.6. The number of nitrogens with two attached hydrogens (primary N) is 1. The first-order valence-electron chi connectivity index (χ1n) is 41.9. The van der Waals surface area contributed by atoms with Gasteiger partial charge in [0.05, 0.1) is 123 Å². The van der Waals surface area contributed by atoms with Crippen molar-refractivity contribution < 1.29 is 111 Å². The van der Waals surface area contributed by atoms with E-state index in [1.165, 1.54) is 45.0 Å². The van der Waals surface area contributed by atoms with E-state index in [0.29, 0.717) is 101 Å². The van der Waals surface area contributed by atoms with Gasteiger partial charge in [-0.25, -0.2) is 24.0 Å². The number of H-pyrrole nitrogens is 1. The quantitative estimate of drug-likeness (QED) is 0.0162. The van der Waals surface area contributed by atoms with Gasteiger partial charge in [0.25, 0.3) is 5.91 Å². The number of aromatic carboxylic acids is 1. The van der Waals surface area contributed by atoms with E-state index in [9.17, 15) is 38.4 Å². The molecule has 4 aromatic carbocycles. The van der Waals surface area contributed by atoms with Gasteiger partial charge < -0.3 is 97.6 Å². The Morgan fingerprint density at radius 1 is 0.452 bits per heavy atom. The molecule has 0 saturated carbocycles. The number of hydrogen-bond acceptors (Lipinski definition) is 25. The number of hydrogen-bond donors (Lipinski definition) is 5. The van der Waals surface area contributed by atoms with Gasteiger partial charge in [-0.2, -0.15) is 0 Å². The summed E-state index contributed by atoms with van der Waals surface area (Å²) in [5.74, 6) is 1.52. The maximum Gasteiger partial charge on any atom is 1.00 e. The third-order valence-electron chi connectivity index (χ3n) is 20.8. The van der Waals surface area contributed by atoms with E-state index in [2.05, 4.69) is 107 Å². The Balaban J connectivity index is 0.000000216. The Labute approximate surface area is 846 Å². The van der Waals surface area contributed by atoms with Crippen LogP contribution in [0.2, 0.25) is 0 Å². The predicted molar refractivity (Wildman–Crippen MR) is 548 cm³/mol. The minimum absolute atomic E-state index is 0. The third kappa shape index (κ3) is 29.2. The molecule has 0 saturated heterocycles. The Morgan fingerprint density at radius 3 is 1.22 bits per heavy atom. The van der Waals surface area contributed by atoms with Gasteiger partial charge in [-0.1, -0.05) is 56.0 Å². The maximum atomic E-state index is 12.8. The monoisotopic (exact) mass is 2040 g/mol. The van der Waals surface area contributed by atoms with Gasteiger partial charge in [-0.15, -0.1) is 68.0 Å². The van der Waals surface area contributed by atoms with Crippen molar-refractivity contribution in [2.45, 2.75) is 122 Å². The second-order valence-electron chi connectivity index (χ2n) is 30.1. The van der Waals surface area contributed by atoms with Crippen molar-refractivity contribution in [2.75, 3.05) is 54.9 Å². The summed E-state index contributed by atoms with van der Waals surface area (Å²) in [6.07, 6.45) is 0. The molecule has 1 aliphatic heterocycles. The first-order chi connectivity index (χ1) is 63.0. The number of fused-ring (bicyclic) bond motifs is 8. The van der Waals surface area contributed by atoms with Gasteiger partial charge in [0.2, 0.25) is 0 Å². The molecule has 38 heteroatoms. The van der Waals surface area contributed by atoms with Crippen LogP contribution in [0.25, 0.3) is 61.3 Å². The van der Waals surface area contributed by atoms with Crippen LogP contribution in [0.15, 0.2) is 152 Å². The first-order valence-corrected chi connectivity index (χ1v) is 51.3. The fourth-order valence-corrected chi connectivity index (χ4v) is 21.0. The Hall–Kier alpha value is -9.72. The van der Waals surface area contributed by atoms with Gasteiger partial charge in [-0.3, -0.25) is 9.36 Å². The minimum atomic E-state index is -3.22. The van der Waals surface area contributed by atoms with Crippen LogP contribution < -0.4 is 64.9 Å². The van der Waals surface area contributed by atoms with Gasteiger partial charge >= 0.3 is 64.6 Å². The molecule has 13 heterocycles. The molecule has 16 aromatic rings. The van der Waals surface area contributed by atoms with Crippen molar-refractivity contribution in [2.24, 2.45) is 41.0 Å². The van der Waals surface area contributed by atoms with Gasteiger partial charge in [0.15, 0.2) is 0 Å². The zero-order valence-electron chi connectivity index (χ0n) is 78.5. The molecule has 1 aliphatic rings. The number of carboxylic acids is 1. The molecule has 135 heavy (non-hydrogen) atoms. The molecule has 17 rings (SSSR count). The van der Waals surface area contributed by atoms with E-state index >= 15 is 0 Å². The number of nitrogens with zero attached hydrogens (tertiary/aromatic N) is 6. The van der Waals surface area contributed by atoms with Crippen LogP contribution in [0.1, 0.15) is 166 Å². The second-order valence-corrected chi connectivity index (χ2v) is 44.4. The number of benzene rings is 4. The molecular formula is C97H115Cl3N10NaO17PS6. The molecule has 718 valence electrons. The maximum absolute atomic E-state index is 12.8. The molecule has 0 radical (unpaired) electrons. The summed E-state index contributed by atoms with van der Waals surface area (Å²) < 4.78 is 66.8. The van der Waals surface area contributed by atoms with E-state index < -0.39 is 11.2 Å². The molecule has 12 aromatic heterocycles. The predicted octanol–water partition coefficient (Wildman–Crippen LogP) is 20.9. The second kappa shape index (κ2) is 52.2. The number of aryl methyl sites for hydroxylation is 11.